The Kier molecular flexibility index (Phi) is 4.28. The number of rotatable bonds is 5. The van der Waals surface area contributed by atoms with Crippen LogP contribution in [0, 0.1) is 5.82 Å². The Morgan fingerprint density at radius 1 is 1.41 bits per heavy atom. The molecule has 17 heavy (non-hydrogen) atoms. The molecule has 1 aromatic heterocycles. The zero-order valence-corrected chi connectivity index (χ0v) is 10.8. The minimum Gasteiger partial charge on any atom is -0.348 e. The summed E-state index contributed by atoms with van der Waals surface area (Å²) in [7, 11) is 0. The third-order valence-corrected chi connectivity index (χ3v) is 3.22. The van der Waals surface area contributed by atoms with E-state index in [9.17, 15) is 4.39 Å². The number of halogens is 2. The first kappa shape index (κ1) is 12.3. The van der Waals surface area contributed by atoms with Crippen LogP contribution in [0.3, 0.4) is 0 Å². The van der Waals surface area contributed by atoms with E-state index in [-0.39, 0.29) is 5.82 Å². The van der Waals surface area contributed by atoms with Gasteiger partial charge >= 0.3 is 0 Å². The van der Waals surface area contributed by atoms with Gasteiger partial charge in [-0.1, -0.05) is 15.9 Å². The molecule has 0 atom stereocenters. The van der Waals surface area contributed by atoms with Crippen LogP contribution in [0.4, 0.5) is 4.39 Å². The average Bonchev–Trinajstić information content (AvgIpc) is 2.82. The van der Waals surface area contributed by atoms with Crippen molar-refractivity contribution in [3.63, 3.8) is 0 Å². The number of aromatic nitrogens is 2. The van der Waals surface area contributed by atoms with E-state index in [1.807, 2.05) is 0 Å². The van der Waals surface area contributed by atoms with Crippen molar-refractivity contribution in [2.45, 2.75) is 13.0 Å². The molecule has 5 heteroatoms. The van der Waals surface area contributed by atoms with Gasteiger partial charge in [-0.05, 0) is 23.8 Å². The van der Waals surface area contributed by atoms with Crippen LogP contribution in [0.25, 0.3) is 0 Å². The summed E-state index contributed by atoms with van der Waals surface area (Å²) < 4.78 is 13.9. The predicted octanol–water partition coefficient (Wildman–Crippen LogP) is 2.64. The minimum atomic E-state index is -0.210. The second kappa shape index (κ2) is 5.93. The second-order valence-corrected chi connectivity index (χ2v) is 4.59. The predicted molar refractivity (Wildman–Crippen MR) is 68.1 cm³/mol. The van der Waals surface area contributed by atoms with Crippen molar-refractivity contribution in [3.05, 3.63) is 52.3 Å². The first-order chi connectivity index (χ1) is 8.25. The summed E-state index contributed by atoms with van der Waals surface area (Å²) in [5, 5.41) is 3.26. The third-order valence-electron chi connectivity index (χ3n) is 2.45. The molecular formula is C12H13BrFN3. The van der Waals surface area contributed by atoms with Crippen LogP contribution < -0.4 is 5.32 Å². The quantitative estimate of drug-likeness (QED) is 0.833. The molecule has 0 aliphatic rings. The number of H-pyrrole nitrogens is 1. The van der Waals surface area contributed by atoms with Crippen LogP contribution in [0.15, 0.2) is 35.2 Å². The Balaban J connectivity index is 1.80. The number of hydrogen-bond donors (Lipinski definition) is 2. The lowest BCUT2D eigenvalue weighted by atomic mass is 10.2. The molecule has 0 amide bonds. The van der Waals surface area contributed by atoms with Gasteiger partial charge in [0, 0.05) is 35.9 Å². The van der Waals surface area contributed by atoms with Crippen LogP contribution in [-0.2, 0) is 13.0 Å². The number of aromatic amines is 1. The van der Waals surface area contributed by atoms with E-state index in [0.29, 0.717) is 6.54 Å². The number of nitrogens with zero attached hydrogens (tertiary/aromatic N) is 1. The molecule has 90 valence electrons. The molecule has 2 aromatic rings. The Hall–Kier alpha value is -1.20. The number of benzene rings is 1. The molecular weight excluding hydrogens is 285 g/mol. The standard InChI is InChI=1S/C12H13BrFN3/c13-12-2-1-10(14)5-9(12)6-15-4-3-11-7-16-8-17-11/h1-2,5,7-8,15H,3-4,6H2,(H,16,17). The van der Waals surface area contributed by atoms with Crippen LogP contribution in [-0.4, -0.2) is 16.5 Å². The number of hydrogen-bond acceptors (Lipinski definition) is 2. The molecule has 0 bridgehead atoms. The fourth-order valence-corrected chi connectivity index (χ4v) is 1.93. The van der Waals surface area contributed by atoms with Crippen molar-refractivity contribution < 1.29 is 4.39 Å². The fraction of sp³-hybridized carbons (Fsp3) is 0.250. The van der Waals surface area contributed by atoms with Gasteiger partial charge < -0.3 is 10.3 Å². The second-order valence-electron chi connectivity index (χ2n) is 3.74. The molecule has 0 spiro atoms. The number of nitrogens with one attached hydrogen (secondary N) is 2. The topological polar surface area (TPSA) is 40.7 Å². The smallest absolute Gasteiger partial charge is 0.123 e. The first-order valence-electron chi connectivity index (χ1n) is 5.37. The summed E-state index contributed by atoms with van der Waals surface area (Å²) in [6.07, 6.45) is 4.35. The summed E-state index contributed by atoms with van der Waals surface area (Å²) in [5.74, 6) is -0.210. The highest BCUT2D eigenvalue weighted by Crippen LogP contribution is 2.17. The Morgan fingerprint density at radius 2 is 2.29 bits per heavy atom. The van der Waals surface area contributed by atoms with Gasteiger partial charge in [0.2, 0.25) is 0 Å². The third kappa shape index (κ3) is 3.64. The van der Waals surface area contributed by atoms with Crippen molar-refractivity contribution >= 4 is 15.9 Å². The van der Waals surface area contributed by atoms with Crippen LogP contribution in [0.2, 0.25) is 0 Å². The van der Waals surface area contributed by atoms with E-state index in [2.05, 4.69) is 31.2 Å². The average molecular weight is 298 g/mol. The molecule has 0 radical (unpaired) electrons. The summed E-state index contributed by atoms with van der Waals surface area (Å²) in [5.41, 5.74) is 2.02. The molecule has 0 aliphatic heterocycles. The maximum atomic E-state index is 13.0. The first-order valence-corrected chi connectivity index (χ1v) is 6.17. The van der Waals surface area contributed by atoms with Gasteiger partial charge in [0.05, 0.1) is 6.33 Å². The molecule has 0 saturated heterocycles. The highest BCUT2D eigenvalue weighted by atomic mass is 79.9. The Labute approximate surface area is 108 Å². The fourth-order valence-electron chi connectivity index (χ4n) is 1.55. The maximum absolute atomic E-state index is 13.0. The summed E-state index contributed by atoms with van der Waals surface area (Å²) in [4.78, 5) is 6.98. The van der Waals surface area contributed by atoms with E-state index in [1.54, 1.807) is 18.6 Å². The van der Waals surface area contributed by atoms with E-state index in [4.69, 9.17) is 0 Å². The van der Waals surface area contributed by atoms with Gasteiger partial charge in [-0.15, -0.1) is 0 Å². The highest BCUT2D eigenvalue weighted by molar-refractivity contribution is 9.10. The summed E-state index contributed by atoms with van der Waals surface area (Å²) in [6, 6.07) is 4.70. The molecule has 1 heterocycles. The Morgan fingerprint density at radius 3 is 3.06 bits per heavy atom. The largest absolute Gasteiger partial charge is 0.348 e. The van der Waals surface area contributed by atoms with Gasteiger partial charge in [0.25, 0.3) is 0 Å². The van der Waals surface area contributed by atoms with E-state index in [1.165, 1.54) is 12.1 Å². The molecule has 2 rings (SSSR count). The SMILES string of the molecule is Fc1ccc(Br)c(CNCCc2cnc[nH]2)c1. The molecule has 0 fully saturated rings. The lowest BCUT2D eigenvalue weighted by molar-refractivity contribution is 0.619. The van der Waals surface area contributed by atoms with Gasteiger partial charge in [0.1, 0.15) is 5.82 Å². The lowest BCUT2D eigenvalue weighted by Crippen LogP contribution is -2.17. The van der Waals surface area contributed by atoms with Crippen molar-refractivity contribution in [2.75, 3.05) is 6.54 Å². The van der Waals surface area contributed by atoms with Crippen LogP contribution >= 0.6 is 15.9 Å². The molecule has 0 saturated carbocycles. The van der Waals surface area contributed by atoms with E-state index >= 15 is 0 Å². The van der Waals surface area contributed by atoms with Crippen LogP contribution in [0.5, 0.6) is 0 Å². The van der Waals surface area contributed by atoms with Gasteiger partial charge in [-0.3, -0.25) is 0 Å². The summed E-state index contributed by atoms with van der Waals surface area (Å²) >= 11 is 3.40. The zero-order valence-electron chi connectivity index (χ0n) is 9.21. The lowest BCUT2D eigenvalue weighted by Gasteiger charge is -2.06. The monoisotopic (exact) mass is 297 g/mol. The van der Waals surface area contributed by atoms with Crippen molar-refractivity contribution in [1.29, 1.82) is 0 Å². The molecule has 0 aliphatic carbocycles. The van der Waals surface area contributed by atoms with Gasteiger partial charge in [-0.25, -0.2) is 9.37 Å². The van der Waals surface area contributed by atoms with Crippen molar-refractivity contribution in [3.8, 4) is 0 Å². The number of imidazole rings is 1. The molecule has 3 nitrogen and oxygen atoms in total. The van der Waals surface area contributed by atoms with Gasteiger partial charge in [-0.2, -0.15) is 0 Å². The maximum Gasteiger partial charge on any atom is 0.123 e. The highest BCUT2D eigenvalue weighted by Gasteiger charge is 2.01. The van der Waals surface area contributed by atoms with Crippen LogP contribution in [0.1, 0.15) is 11.3 Å². The Bertz CT molecular complexity index is 471. The molecule has 0 unspecified atom stereocenters. The van der Waals surface area contributed by atoms with Gasteiger partial charge in [0.15, 0.2) is 0 Å². The van der Waals surface area contributed by atoms with E-state index < -0.39 is 0 Å². The van der Waals surface area contributed by atoms with E-state index in [0.717, 1.165) is 28.7 Å². The summed E-state index contributed by atoms with van der Waals surface area (Å²) in [6.45, 7) is 1.47. The molecule has 2 N–H and O–H groups in total. The minimum absolute atomic E-state index is 0.210. The normalized spacial score (nSPS) is 10.7. The van der Waals surface area contributed by atoms with Crippen molar-refractivity contribution in [1.82, 2.24) is 15.3 Å². The molecule has 1 aromatic carbocycles. The zero-order chi connectivity index (χ0) is 12.1. The van der Waals surface area contributed by atoms with Crippen molar-refractivity contribution in [2.24, 2.45) is 0 Å².